The lowest BCUT2D eigenvalue weighted by Crippen LogP contribution is -2.24. The number of sulfonamides is 1. The number of H-pyrrole nitrogens is 1. The number of carbonyl (C=O) groups excluding carboxylic acids is 1. The highest BCUT2D eigenvalue weighted by molar-refractivity contribution is 7.92. The lowest BCUT2D eigenvalue weighted by atomic mass is 10.3. The Hall–Kier alpha value is -2.55. The molecule has 4 N–H and O–H groups in total. The van der Waals surface area contributed by atoms with E-state index in [4.69, 9.17) is 0 Å². The standard InChI is InChI=1S/C11H13N5O3S/c1-12-11(17)15-8-2-4-9(5-3-8)16-20(18,19)10-6-13-14-7-10/h2-7,16H,1H3,(H,13,14)(H2,12,15,17). The van der Waals surface area contributed by atoms with Crippen molar-refractivity contribution in [3.05, 3.63) is 36.7 Å². The highest BCUT2D eigenvalue weighted by Crippen LogP contribution is 2.17. The number of hydrogen-bond donors (Lipinski definition) is 4. The Kier molecular flexibility index (Phi) is 3.89. The van der Waals surface area contributed by atoms with Gasteiger partial charge in [0.05, 0.1) is 6.20 Å². The zero-order valence-corrected chi connectivity index (χ0v) is 11.4. The summed E-state index contributed by atoms with van der Waals surface area (Å²) in [7, 11) is -2.15. The van der Waals surface area contributed by atoms with Crippen molar-refractivity contribution in [2.24, 2.45) is 0 Å². The van der Waals surface area contributed by atoms with E-state index in [1.807, 2.05) is 0 Å². The Morgan fingerprint density at radius 1 is 1.20 bits per heavy atom. The van der Waals surface area contributed by atoms with Crippen molar-refractivity contribution in [2.45, 2.75) is 4.90 Å². The van der Waals surface area contributed by atoms with E-state index in [1.54, 1.807) is 24.3 Å². The number of nitrogens with zero attached hydrogens (tertiary/aromatic N) is 1. The van der Waals surface area contributed by atoms with Gasteiger partial charge in [-0.25, -0.2) is 13.2 Å². The zero-order valence-electron chi connectivity index (χ0n) is 10.5. The fourth-order valence-corrected chi connectivity index (χ4v) is 2.38. The molecule has 0 fully saturated rings. The minimum atomic E-state index is -3.65. The molecule has 9 heteroatoms. The Morgan fingerprint density at radius 2 is 1.85 bits per heavy atom. The van der Waals surface area contributed by atoms with Crippen LogP contribution in [0.15, 0.2) is 41.6 Å². The first-order chi connectivity index (χ1) is 9.51. The molecule has 0 aliphatic carbocycles. The number of benzene rings is 1. The highest BCUT2D eigenvalue weighted by Gasteiger charge is 2.15. The Labute approximate surface area is 115 Å². The van der Waals surface area contributed by atoms with E-state index in [0.717, 1.165) is 0 Å². The third-order valence-corrected chi connectivity index (χ3v) is 3.75. The van der Waals surface area contributed by atoms with Gasteiger partial charge in [0, 0.05) is 24.6 Å². The van der Waals surface area contributed by atoms with Gasteiger partial charge in [0.1, 0.15) is 4.90 Å². The van der Waals surface area contributed by atoms with Crippen LogP contribution in [0.3, 0.4) is 0 Å². The average Bonchev–Trinajstić information content (AvgIpc) is 2.95. The molecule has 2 aromatic rings. The summed E-state index contributed by atoms with van der Waals surface area (Å²) in [6, 6.07) is 5.91. The van der Waals surface area contributed by atoms with Gasteiger partial charge in [-0.2, -0.15) is 5.10 Å². The molecular formula is C11H13N5O3S. The summed E-state index contributed by atoms with van der Waals surface area (Å²) < 4.78 is 26.2. The first-order valence-corrected chi connectivity index (χ1v) is 7.10. The van der Waals surface area contributed by atoms with E-state index in [0.29, 0.717) is 11.4 Å². The van der Waals surface area contributed by atoms with Crippen LogP contribution in [0.2, 0.25) is 0 Å². The van der Waals surface area contributed by atoms with Gasteiger partial charge in [-0.3, -0.25) is 9.82 Å². The largest absolute Gasteiger partial charge is 0.341 e. The van der Waals surface area contributed by atoms with Crippen LogP contribution in [-0.4, -0.2) is 31.7 Å². The summed E-state index contributed by atoms with van der Waals surface area (Å²) in [5.74, 6) is 0. The maximum atomic E-state index is 11.9. The van der Waals surface area contributed by atoms with Gasteiger partial charge in [-0.15, -0.1) is 0 Å². The molecule has 0 bridgehead atoms. The van der Waals surface area contributed by atoms with Crippen LogP contribution in [0.25, 0.3) is 0 Å². The normalized spacial score (nSPS) is 10.8. The molecule has 2 amide bonds. The predicted molar refractivity (Wildman–Crippen MR) is 73.9 cm³/mol. The van der Waals surface area contributed by atoms with Gasteiger partial charge >= 0.3 is 6.03 Å². The molecule has 0 radical (unpaired) electrons. The summed E-state index contributed by atoms with van der Waals surface area (Å²) in [6.45, 7) is 0. The number of urea groups is 1. The van der Waals surface area contributed by atoms with Crippen LogP contribution in [0.4, 0.5) is 16.2 Å². The Morgan fingerprint density at radius 3 is 2.40 bits per heavy atom. The molecule has 106 valence electrons. The monoisotopic (exact) mass is 295 g/mol. The molecule has 0 saturated carbocycles. The van der Waals surface area contributed by atoms with Crippen molar-refractivity contribution in [1.29, 1.82) is 0 Å². The van der Waals surface area contributed by atoms with Gasteiger partial charge in [0.25, 0.3) is 10.0 Å². The van der Waals surface area contributed by atoms with Crippen LogP contribution >= 0.6 is 0 Å². The van der Waals surface area contributed by atoms with E-state index < -0.39 is 10.0 Å². The quantitative estimate of drug-likeness (QED) is 0.672. The van der Waals surface area contributed by atoms with Crippen LogP contribution in [0.5, 0.6) is 0 Å². The van der Waals surface area contributed by atoms with E-state index in [9.17, 15) is 13.2 Å². The molecule has 0 atom stereocenters. The molecule has 8 nitrogen and oxygen atoms in total. The average molecular weight is 295 g/mol. The topological polar surface area (TPSA) is 116 Å². The van der Waals surface area contributed by atoms with Crippen molar-refractivity contribution in [2.75, 3.05) is 17.1 Å². The first kappa shape index (κ1) is 13.9. The van der Waals surface area contributed by atoms with E-state index in [1.165, 1.54) is 19.4 Å². The molecule has 0 aliphatic heterocycles. The van der Waals surface area contributed by atoms with Crippen LogP contribution in [0.1, 0.15) is 0 Å². The number of aromatic amines is 1. The van der Waals surface area contributed by atoms with Crippen LogP contribution in [0, 0.1) is 0 Å². The first-order valence-electron chi connectivity index (χ1n) is 5.61. The number of carbonyl (C=O) groups is 1. The Balaban J connectivity index is 2.10. The van der Waals surface area contributed by atoms with Gasteiger partial charge < -0.3 is 10.6 Å². The van der Waals surface area contributed by atoms with Gasteiger partial charge in [-0.1, -0.05) is 0 Å². The van der Waals surface area contributed by atoms with Crippen molar-refractivity contribution < 1.29 is 13.2 Å². The summed E-state index contributed by atoms with van der Waals surface area (Å²) in [4.78, 5) is 11.2. The smallest absolute Gasteiger partial charge is 0.318 e. The molecule has 20 heavy (non-hydrogen) atoms. The minimum Gasteiger partial charge on any atom is -0.341 e. The summed E-state index contributed by atoms with van der Waals surface area (Å²) in [5, 5.41) is 11.0. The fourth-order valence-electron chi connectivity index (χ4n) is 1.42. The number of aromatic nitrogens is 2. The van der Waals surface area contributed by atoms with Crippen molar-refractivity contribution in [3.8, 4) is 0 Å². The third kappa shape index (κ3) is 3.26. The molecule has 1 heterocycles. The second kappa shape index (κ2) is 5.61. The maximum Gasteiger partial charge on any atom is 0.318 e. The molecule has 0 unspecified atom stereocenters. The van der Waals surface area contributed by atoms with E-state index in [-0.39, 0.29) is 10.9 Å². The minimum absolute atomic E-state index is 0.0464. The lowest BCUT2D eigenvalue weighted by molar-refractivity contribution is 0.254. The SMILES string of the molecule is CNC(=O)Nc1ccc(NS(=O)(=O)c2cn[nH]c2)cc1. The van der Waals surface area contributed by atoms with Crippen LogP contribution < -0.4 is 15.4 Å². The summed E-state index contributed by atoms with van der Waals surface area (Å²) in [5.41, 5.74) is 0.935. The molecule has 1 aromatic carbocycles. The number of rotatable bonds is 4. The van der Waals surface area contributed by atoms with Gasteiger partial charge in [0.15, 0.2) is 0 Å². The second-order valence-corrected chi connectivity index (χ2v) is 5.50. The second-order valence-electron chi connectivity index (χ2n) is 3.82. The van der Waals surface area contributed by atoms with Crippen LogP contribution in [-0.2, 0) is 10.0 Å². The van der Waals surface area contributed by atoms with Gasteiger partial charge in [0.2, 0.25) is 0 Å². The molecule has 0 saturated heterocycles. The van der Waals surface area contributed by atoms with E-state index in [2.05, 4.69) is 25.6 Å². The predicted octanol–water partition coefficient (Wildman–Crippen LogP) is 0.962. The van der Waals surface area contributed by atoms with E-state index >= 15 is 0 Å². The third-order valence-electron chi connectivity index (χ3n) is 2.41. The fraction of sp³-hybridized carbons (Fsp3) is 0.0909. The molecule has 0 spiro atoms. The van der Waals surface area contributed by atoms with Gasteiger partial charge in [-0.05, 0) is 24.3 Å². The van der Waals surface area contributed by atoms with Crippen molar-refractivity contribution in [3.63, 3.8) is 0 Å². The number of nitrogens with one attached hydrogen (secondary N) is 4. The molecule has 0 aliphatic rings. The molecular weight excluding hydrogens is 282 g/mol. The zero-order chi connectivity index (χ0) is 14.6. The number of amides is 2. The maximum absolute atomic E-state index is 11.9. The Bertz CT molecular complexity index is 679. The molecule has 2 rings (SSSR count). The lowest BCUT2D eigenvalue weighted by Gasteiger charge is -2.08. The summed E-state index contributed by atoms with van der Waals surface area (Å²) in [6.07, 6.45) is 2.49. The number of hydrogen-bond acceptors (Lipinski definition) is 4. The summed E-state index contributed by atoms with van der Waals surface area (Å²) >= 11 is 0. The van der Waals surface area contributed by atoms with Crippen molar-refractivity contribution in [1.82, 2.24) is 15.5 Å². The highest BCUT2D eigenvalue weighted by atomic mass is 32.2. The number of anilines is 2. The van der Waals surface area contributed by atoms with Crippen molar-refractivity contribution >= 4 is 27.4 Å². The molecule has 1 aromatic heterocycles.